The molecule has 0 bridgehead atoms. The number of aromatic nitrogens is 4. The number of carbonyl (C=O) groups is 1. The van der Waals surface area contributed by atoms with Crippen LogP contribution in [0.4, 0.5) is 5.69 Å². The zero-order valence-corrected chi connectivity index (χ0v) is 14.9. The van der Waals surface area contributed by atoms with Crippen LogP contribution in [0.2, 0.25) is 0 Å². The Labute approximate surface area is 148 Å². The van der Waals surface area contributed by atoms with E-state index < -0.39 is 0 Å². The number of hydrogen-bond acceptors (Lipinski definition) is 6. The van der Waals surface area contributed by atoms with E-state index >= 15 is 0 Å². The molecule has 0 fully saturated rings. The van der Waals surface area contributed by atoms with Crippen LogP contribution >= 0.6 is 11.3 Å². The van der Waals surface area contributed by atoms with Crippen LogP contribution in [0, 0.1) is 13.8 Å². The van der Waals surface area contributed by atoms with Gasteiger partial charge in [0.1, 0.15) is 11.4 Å². The van der Waals surface area contributed by atoms with Crippen molar-refractivity contribution in [3.63, 3.8) is 0 Å². The number of carbonyl (C=O) groups excluding carboxylic acids is 1. The number of aryl methyl sites for hydroxylation is 2. The highest BCUT2D eigenvalue weighted by Gasteiger charge is 2.11. The first kappa shape index (κ1) is 16.8. The van der Waals surface area contributed by atoms with E-state index in [0.717, 1.165) is 4.88 Å². The molecule has 0 spiro atoms. The molecule has 0 unspecified atom stereocenters. The number of amides is 1. The van der Waals surface area contributed by atoms with E-state index in [9.17, 15) is 4.79 Å². The van der Waals surface area contributed by atoms with E-state index in [-0.39, 0.29) is 5.91 Å². The molecular formula is C17H17N5O2S. The van der Waals surface area contributed by atoms with Crippen LogP contribution in [0.3, 0.4) is 0 Å². The van der Waals surface area contributed by atoms with E-state index in [1.165, 1.54) is 11.0 Å². The van der Waals surface area contributed by atoms with E-state index in [2.05, 4.69) is 20.8 Å². The lowest BCUT2D eigenvalue weighted by molar-refractivity contribution is -0.111. The summed E-state index contributed by atoms with van der Waals surface area (Å²) < 4.78 is 6.90. The maximum atomic E-state index is 12.1. The summed E-state index contributed by atoms with van der Waals surface area (Å²) >= 11 is 1.63. The normalized spacial score (nSPS) is 11.0. The van der Waals surface area contributed by atoms with Gasteiger partial charge in [-0.1, -0.05) is 0 Å². The molecule has 128 valence electrons. The first-order valence-electron chi connectivity index (χ1n) is 7.55. The molecule has 0 radical (unpaired) electrons. The molecule has 3 rings (SSSR count). The minimum Gasteiger partial charge on any atom is -0.494 e. The second kappa shape index (κ2) is 7.27. The lowest BCUT2D eigenvalue weighted by Crippen LogP contribution is -2.09. The Morgan fingerprint density at radius 3 is 2.76 bits per heavy atom. The van der Waals surface area contributed by atoms with Gasteiger partial charge in [0.25, 0.3) is 0 Å². The maximum absolute atomic E-state index is 12.1. The van der Waals surface area contributed by atoms with Gasteiger partial charge in [-0.25, -0.2) is 0 Å². The van der Waals surface area contributed by atoms with Crippen molar-refractivity contribution in [2.75, 3.05) is 12.4 Å². The average molecular weight is 355 g/mol. The molecule has 0 aliphatic carbocycles. The minimum atomic E-state index is -0.212. The van der Waals surface area contributed by atoms with Crippen molar-refractivity contribution in [3.8, 4) is 11.4 Å². The van der Waals surface area contributed by atoms with Crippen LogP contribution in [0.1, 0.15) is 15.6 Å². The number of thiophene rings is 1. The van der Waals surface area contributed by atoms with Gasteiger partial charge in [0, 0.05) is 21.5 Å². The molecule has 0 saturated heterocycles. The Bertz CT molecular complexity index is 929. The standard InChI is InChI=1S/C17H17N5O2S/c1-11-4-6-14(25-11)7-9-17(23)18-13-5-8-16(24-3)15(10-13)22-12(2)19-20-21-22/h4-10H,1-3H3,(H,18,23)/b9-7+. The summed E-state index contributed by atoms with van der Waals surface area (Å²) in [5.41, 5.74) is 1.28. The monoisotopic (exact) mass is 355 g/mol. The van der Waals surface area contributed by atoms with Crippen molar-refractivity contribution in [1.82, 2.24) is 20.2 Å². The van der Waals surface area contributed by atoms with E-state index in [1.54, 1.807) is 54.3 Å². The van der Waals surface area contributed by atoms with E-state index in [1.807, 2.05) is 19.1 Å². The number of hydrogen-bond donors (Lipinski definition) is 1. The topological polar surface area (TPSA) is 81.9 Å². The quantitative estimate of drug-likeness (QED) is 0.712. The van der Waals surface area contributed by atoms with Gasteiger partial charge in [0.05, 0.1) is 7.11 Å². The number of methoxy groups -OCH3 is 1. The minimum absolute atomic E-state index is 0.212. The molecule has 2 heterocycles. The average Bonchev–Trinajstić information content (AvgIpc) is 3.21. The lowest BCUT2D eigenvalue weighted by atomic mass is 10.2. The first-order valence-corrected chi connectivity index (χ1v) is 8.37. The number of ether oxygens (including phenoxy) is 1. The number of nitrogens with one attached hydrogen (secondary N) is 1. The molecule has 0 atom stereocenters. The highest BCUT2D eigenvalue weighted by molar-refractivity contribution is 7.12. The van der Waals surface area contributed by atoms with Crippen LogP contribution in [-0.4, -0.2) is 33.2 Å². The SMILES string of the molecule is COc1ccc(NC(=O)/C=C/c2ccc(C)s2)cc1-n1nnnc1C. The second-order valence-electron chi connectivity index (χ2n) is 5.30. The summed E-state index contributed by atoms with van der Waals surface area (Å²) in [4.78, 5) is 14.4. The van der Waals surface area contributed by atoms with Gasteiger partial charge < -0.3 is 10.1 Å². The summed E-state index contributed by atoms with van der Waals surface area (Å²) in [6, 6.07) is 9.30. The molecule has 25 heavy (non-hydrogen) atoms. The van der Waals surface area contributed by atoms with Gasteiger partial charge in [-0.2, -0.15) is 4.68 Å². The predicted molar refractivity (Wildman–Crippen MR) is 97.2 cm³/mol. The summed E-state index contributed by atoms with van der Waals surface area (Å²) in [7, 11) is 1.57. The molecule has 7 nitrogen and oxygen atoms in total. The fourth-order valence-electron chi connectivity index (χ4n) is 2.27. The summed E-state index contributed by atoms with van der Waals surface area (Å²) in [5, 5.41) is 14.3. The van der Waals surface area contributed by atoms with E-state index in [0.29, 0.717) is 22.9 Å². The highest BCUT2D eigenvalue weighted by Crippen LogP contribution is 2.26. The lowest BCUT2D eigenvalue weighted by Gasteiger charge is -2.11. The van der Waals surface area contributed by atoms with Gasteiger partial charge in [-0.05, 0) is 60.7 Å². The summed E-state index contributed by atoms with van der Waals surface area (Å²) in [6.07, 6.45) is 3.31. The summed E-state index contributed by atoms with van der Waals surface area (Å²) in [5.74, 6) is 1.02. The molecule has 0 saturated carbocycles. The van der Waals surface area contributed by atoms with Gasteiger partial charge in [-0.15, -0.1) is 16.4 Å². The Morgan fingerprint density at radius 1 is 1.28 bits per heavy atom. The van der Waals surface area contributed by atoms with Gasteiger partial charge in [-0.3, -0.25) is 4.79 Å². The molecule has 1 aromatic carbocycles. The molecule has 0 aliphatic rings. The fraction of sp³-hybridized carbons (Fsp3) is 0.176. The number of anilines is 1. The zero-order chi connectivity index (χ0) is 17.8. The molecule has 1 amide bonds. The molecule has 2 aromatic heterocycles. The smallest absolute Gasteiger partial charge is 0.248 e. The first-order chi connectivity index (χ1) is 12.1. The van der Waals surface area contributed by atoms with Gasteiger partial charge >= 0.3 is 0 Å². The Morgan fingerprint density at radius 2 is 2.12 bits per heavy atom. The molecule has 3 aromatic rings. The Kier molecular flexibility index (Phi) is 4.90. The van der Waals surface area contributed by atoms with Gasteiger partial charge in [0.2, 0.25) is 5.91 Å². The van der Waals surface area contributed by atoms with Crippen molar-refractivity contribution in [3.05, 3.63) is 52.0 Å². The number of tetrazole rings is 1. The molecular weight excluding hydrogens is 338 g/mol. The third-order valence-electron chi connectivity index (χ3n) is 3.46. The van der Waals surface area contributed by atoms with Gasteiger partial charge in [0.15, 0.2) is 5.82 Å². The van der Waals surface area contributed by atoms with Crippen LogP contribution in [-0.2, 0) is 4.79 Å². The number of benzene rings is 1. The molecule has 1 N–H and O–H groups in total. The van der Waals surface area contributed by atoms with Crippen LogP contribution in [0.25, 0.3) is 11.8 Å². The molecule has 8 heteroatoms. The molecule has 0 aliphatic heterocycles. The number of rotatable bonds is 5. The Balaban J connectivity index is 1.80. The maximum Gasteiger partial charge on any atom is 0.248 e. The third-order valence-corrected chi connectivity index (χ3v) is 4.43. The number of nitrogens with zero attached hydrogens (tertiary/aromatic N) is 4. The second-order valence-corrected chi connectivity index (χ2v) is 6.62. The zero-order valence-electron chi connectivity index (χ0n) is 14.1. The van der Waals surface area contributed by atoms with Crippen LogP contribution < -0.4 is 10.1 Å². The summed E-state index contributed by atoms with van der Waals surface area (Å²) in [6.45, 7) is 3.82. The largest absolute Gasteiger partial charge is 0.494 e. The van der Waals surface area contributed by atoms with Crippen molar-refractivity contribution >= 4 is 29.0 Å². The van der Waals surface area contributed by atoms with Crippen molar-refractivity contribution < 1.29 is 9.53 Å². The van der Waals surface area contributed by atoms with Crippen molar-refractivity contribution in [2.45, 2.75) is 13.8 Å². The fourth-order valence-corrected chi connectivity index (χ4v) is 3.05. The Hall–Kier alpha value is -3.00. The highest BCUT2D eigenvalue weighted by atomic mass is 32.1. The third kappa shape index (κ3) is 3.92. The van der Waals surface area contributed by atoms with Crippen LogP contribution in [0.15, 0.2) is 36.4 Å². The van der Waals surface area contributed by atoms with Crippen molar-refractivity contribution in [1.29, 1.82) is 0 Å². The van der Waals surface area contributed by atoms with Crippen molar-refractivity contribution in [2.24, 2.45) is 0 Å². The predicted octanol–water partition coefficient (Wildman–Crippen LogP) is 3.00. The van der Waals surface area contributed by atoms with Crippen LogP contribution in [0.5, 0.6) is 5.75 Å². The van der Waals surface area contributed by atoms with E-state index in [4.69, 9.17) is 4.74 Å².